The molecule has 10 N–H and O–H groups in total. The quantitative estimate of drug-likeness (QED) is 0.0470. The van der Waals surface area contributed by atoms with Crippen LogP contribution in [0.4, 0.5) is 0 Å². The van der Waals surface area contributed by atoms with Crippen LogP contribution in [-0.2, 0) is 119 Å². The number of nitrogens with zero attached hydrogens (tertiary/aromatic N) is 4. The van der Waals surface area contributed by atoms with Gasteiger partial charge in [0.2, 0.25) is 0 Å². The number of nitrogens with one attached hydrogen (secondary N) is 8. The van der Waals surface area contributed by atoms with Crippen molar-refractivity contribution in [2.24, 2.45) is 0 Å². The zero-order valence-corrected chi connectivity index (χ0v) is 47.8. The third-order valence-electron chi connectivity index (χ3n) is 12.7. The number of nitrogens with two attached hydrogens (primary N) is 1. The van der Waals surface area contributed by atoms with Gasteiger partial charge in [-0.1, -0.05) is 146 Å². The third-order valence-corrected chi connectivity index (χ3v) is 12.7. The molecule has 0 aliphatic carbocycles. The predicted molar refractivity (Wildman–Crippen MR) is 301 cm³/mol. The van der Waals surface area contributed by atoms with Crippen LogP contribution in [0.3, 0.4) is 0 Å². The van der Waals surface area contributed by atoms with E-state index in [0.717, 1.165) is 118 Å². The van der Waals surface area contributed by atoms with E-state index in [4.69, 9.17) is 0 Å². The van der Waals surface area contributed by atoms with Crippen molar-refractivity contribution in [3.8, 4) is 22.3 Å². The number of benzene rings is 6. The van der Waals surface area contributed by atoms with Crippen molar-refractivity contribution in [1.82, 2.24) is 61.6 Å². The van der Waals surface area contributed by atoms with Crippen molar-refractivity contribution >= 4 is 0 Å². The number of imidazole rings is 2. The first kappa shape index (κ1) is 64.1. The summed E-state index contributed by atoms with van der Waals surface area (Å²) in [5.74, 6) is 0. The maximum atomic E-state index is 4.08. The van der Waals surface area contributed by atoms with E-state index in [1.165, 1.54) is 66.8 Å². The summed E-state index contributed by atoms with van der Waals surface area (Å²) < 4.78 is 4.15. The van der Waals surface area contributed by atoms with Crippen LogP contribution >= 0.6 is 0 Å². The Balaban J connectivity index is 0.000000327. The monoisotopic (exact) mass is 1300 g/mol. The first-order valence-corrected chi connectivity index (χ1v) is 25.8. The van der Waals surface area contributed by atoms with E-state index >= 15 is 0 Å². The second-order valence-electron chi connectivity index (χ2n) is 18.5. The zero-order chi connectivity index (χ0) is 49.1. The van der Waals surface area contributed by atoms with Crippen LogP contribution in [0.2, 0.25) is 0 Å². The normalized spacial score (nSPS) is 13.6. The van der Waals surface area contributed by atoms with E-state index < -0.39 is 0 Å². The van der Waals surface area contributed by atoms with Gasteiger partial charge in [0.15, 0.2) is 0 Å². The van der Waals surface area contributed by atoms with Gasteiger partial charge in [-0.3, -0.25) is 0 Å². The van der Waals surface area contributed by atoms with Crippen molar-refractivity contribution in [2.45, 2.75) is 52.4 Å². The van der Waals surface area contributed by atoms with Crippen molar-refractivity contribution < 1.29 is 67.1 Å². The van der Waals surface area contributed by atoms with Gasteiger partial charge in [0.25, 0.3) is 0 Å². The molecule has 8 aromatic rings. The van der Waals surface area contributed by atoms with Crippen LogP contribution in [0.1, 0.15) is 44.5 Å². The molecule has 0 unspecified atom stereocenters. The van der Waals surface area contributed by atoms with Crippen molar-refractivity contribution in [1.29, 1.82) is 0 Å². The molecule has 12 heterocycles. The van der Waals surface area contributed by atoms with Crippen LogP contribution in [0.5, 0.6) is 0 Å². The second-order valence-corrected chi connectivity index (χ2v) is 18.5. The summed E-state index contributed by atoms with van der Waals surface area (Å²) in [5, 5.41) is 28.2. The van der Waals surface area contributed by atoms with E-state index in [2.05, 4.69) is 207 Å². The molecule has 412 valence electrons. The molecule has 0 saturated carbocycles. The summed E-state index contributed by atoms with van der Waals surface area (Å²) in [6.45, 7) is 16.6. The van der Waals surface area contributed by atoms with Crippen molar-refractivity contribution in [3.63, 3.8) is 0 Å². The number of aromatic nitrogens is 4. The average Bonchev–Trinajstić information content (AvgIpc) is 4.16. The molecule has 18 rings (SSSR count). The van der Waals surface area contributed by atoms with Gasteiger partial charge >= 0.3 is 67.1 Å². The van der Waals surface area contributed by atoms with Gasteiger partial charge in [0, 0.05) is 143 Å². The largest absolute Gasteiger partial charge is 1.00 e. The van der Waals surface area contributed by atoms with Crippen LogP contribution in [0, 0.1) is 0 Å². The fourth-order valence-corrected chi connectivity index (χ4v) is 8.50. The summed E-state index contributed by atoms with van der Waals surface area (Å²) in [6.07, 6.45) is 11.3. The summed E-state index contributed by atoms with van der Waals surface area (Å²) in [5.41, 5.74) is 15.5. The Morgan fingerprint density at radius 2 is 0.605 bits per heavy atom. The minimum atomic E-state index is 0. The number of hydrogen-bond donors (Lipinski definition) is 8. The molecule has 13 nitrogen and oxygen atoms in total. The minimum absolute atomic E-state index is 0. The Morgan fingerprint density at radius 3 is 0.868 bits per heavy atom. The fourth-order valence-electron chi connectivity index (χ4n) is 8.50. The van der Waals surface area contributed by atoms with Gasteiger partial charge in [0.1, 0.15) is 0 Å². The summed E-state index contributed by atoms with van der Waals surface area (Å²) in [6, 6.07) is 53.1. The predicted octanol–water partition coefficient (Wildman–Crippen LogP) is 8.04. The van der Waals surface area contributed by atoms with E-state index in [0.29, 0.717) is 0 Å². The molecule has 0 atom stereocenters. The van der Waals surface area contributed by atoms with Gasteiger partial charge in [-0.25, -0.2) is 9.97 Å². The van der Waals surface area contributed by atoms with E-state index in [9.17, 15) is 0 Å². The number of rotatable bonds is 11. The molecule has 76 heavy (non-hydrogen) atoms. The Bertz CT molecular complexity index is 2380. The van der Waals surface area contributed by atoms with Gasteiger partial charge in [-0.2, -0.15) is 0 Å². The minimum Gasteiger partial charge on any atom is -0.693 e. The molecular formula is C60H76Ag3N13+2. The summed E-state index contributed by atoms with van der Waals surface area (Å²) in [4.78, 5) is 8.16. The Hall–Kier alpha value is -4.40. The fraction of sp³-hybridized carbons (Fsp3) is 0.300. The smallest absolute Gasteiger partial charge is 0.693 e. The summed E-state index contributed by atoms with van der Waals surface area (Å²) in [7, 11) is 0. The van der Waals surface area contributed by atoms with Crippen LogP contribution in [0.25, 0.3) is 28.4 Å². The molecule has 16 heteroatoms. The topological polar surface area (TPSA) is 165 Å². The SMILES string of the molecule is [Ag+].[Ag+].[Ag+].[NH2-].c1cc2ccc1CNCCNCCNCc1ccc(cc1)-c1ccc(cc1)CNCCNCCNCc1ccc-2cc1.c1cn(Cc2ccc(CNCCNCc3ccc(Cn4ccnc4)cc3)cc2)cn1. The van der Waals surface area contributed by atoms with Gasteiger partial charge in [-0.05, 0) is 66.8 Å². The average molecular weight is 1300 g/mol. The molecule has 10 aliphatic heterocycles. The van der Waals surface area contributed by atoms with Gasteiger partial charge < -0.3 is 57.8 Å². The molecule has 0 fully saturated rings. The van der Waals surface area contributed by atoms with E-state index in [1.54, 1.807) is 0 Å². The van der Waals surface area contributed by atoms with Crippen LogP contribution in [-0.4, -0.2) is 84.5 Å². The maximum absolute atomic E-state index is 4.08. The van der Waals surface area contributed by atoms with Crippen molar-refractivity contribution in [2.75, 3.05) is 65.4 Å². The Labute approximate surface area is 498 Å². The summed E-state index contributed by atoms with van der Waals surface area (Å²) >= 11 is 0. The molecular weight excluding hydrogens is 1230 g/mol. The molecule has 0 radical (unpaired) electrons. The van der Waals surface area contributed by atoms with Crippen molar-refractivity contribution in [3.05, 3.63) is 234 Å². The van der Waals surface area contributed by atoms with Crippen LogP contribution < -0.4 is 42.5 Å². The molecule has 0 spiro atoms. The maximum Gasteiger partial charge on any atom is 1.00 e. The molecule has 0 amide bonds. The van der Waals surface area contributed by atoms with E-state index in [-0.39, 0.29) is 73.3 Å². The molecule has 6 aromatic carbocycles. The first-order valence-electron chi connectivity index (χ1n) is 25.8. The van der Waals surface area contributed by atoms with E-state index in [1.807, 2.05) is 37.4 Å². The van der Waals surface area contributed by atoms with Gasteiger partial charge in [-0.15, -0.1) is 0 Å². The zero-order valence-electron chi connectivity index (χ0n) is 43.3. The third kappa shape index (κ3) is 23.3. The Kier molecular flexibility index (Phi) is 31.6. The molecule has 8 bridgehead atoms. The standard InChI is InChI=1S/C36H46N6.C24H28N6.3Ag.H2N/c1-9-33-10-2-29(1)25-39-21-17-37-18-22-41-27-31-5-13-35(14-6-31)36-15-7-32(8-16-36)28-42-24-20-38-19-23-40-26-30-3-11-34(33)12-4-30;1-5-23(17-29-13-11-27-19-29)6-2-21(1)15-25-9-10-26-16-22-3-7-24(8-4-22)18-30-14-12-28-20-30;;;;/h1-16,37-42H,17-28H2;1-8,11-14,19-20,25-26H,9-10,15-18H2;;;;1H2/q;;3*+1;-1. The molecule has 0 saturated heterocycles. The molecule has 2 aromatic heterocycles. The Morgan fingerprint density at radius 1 is 0.342 bits per heavy atom. The number of hydrogen-bond acceptors (Lipinski definition) is 10. The first-order chi connectivity index (χ1) is 35.7. The van der Waals surface area contributed by atoms with Crippen LogP contribution in [0.15, 0.2) is 183 Å². The molecule has 10 aliphatic rings. The van der Waals surface area contributed by atoms with Gasteiger partial charge in [0.05, 0.1) is 12.7 Å². The second kappa shape index (κ2) is 37.4.